The van der Waals surface area contributed by atoms with E-state index in [9.17, 15) is 5.11 Å². The summed E-state index contributed by atoms with van der Waals surface area (Å²) in [6.45, 7) is 12.1. The first-order valence-electron chi connectivity index (χ1n) is 8.78. The molecule has 25 heavy (non-hydrogen) atoms. The van der Waals surface area contributed by atoms with Crippen molar-refractivity contribution >= 4 is 29.9 Å². The highest BCUT2D eigenvalue weighted by molar-refractivity contribution is 14.0. The number of morpholine rings is 1. The second-order valence-electron chi connectivity index (χ2n) is 7.15. The van der Waals surface area contributed by atoms with Crippen LogP contribution in [0.4, 0.5) is 0 Å². The van der Waals surface area contributed by atoms with E-state index in [4.69, 9.17) is 9.73 Å². The molecule has 0 amide bonds. The van der Waals surface area contributed by atoms with Gasteiger partial charge in [0.05, 0.1) is 19.7 Å². The maximum absolute atomic E-state index is 9.45. The van der Waals surface area contributed by atoms with Gasteiger partial charge >= 0.3 is 0 Å². The Bertz CT molecular complexity index is 563. The first-order chi connectivity index (χ1) is 11.5. The van der Waals surface area contributed by atoms with E-state index in [1.165, 1.54) is 11.1 Å². The van der Waals surface area contributed by atoms with Gasteiger partial charge in [-0.1, -0.05) is 38.1 Å². The fourth-order valence-electron chi connectivity index (χ4n) is 2.74. The van der Waals surface area contributed by atoms with E-state index in [0.29, 0.717) is 13.2 Å². The Balaban J connectivity index is 0.00000312. The van der Waals surface area contributed by atoms with Crippen molar-refractivity contribution in [1.82, 2.24) is 10.2 Å². The lowest BCUT2D eigenvalue weighted by molar-refractivity contribution is -0.00841. The molecule has 1 heterocycles. The number of aliphatic hydroxyl groups is 1. The second kappa shape index (κ2) is 10.3. The van der Waals surface area contributed by atoms with Gasteiger partial charge in [-0.3, -0.25) is 4.99 Å². The first kappa shape index (κ1) is 22.2. The Morgan fingerprint density at radius 3 is 2.76 bits per heavy atom. The van der Waals surface area contributed by atoms with Gasteiger partial charge in [-0.05, 0) is 25.0 Å². The van der Waals surface area contributed by atoms with Gasteiger partial charge in [0.2, 0.25) is 0 Å². The Morgan fingerprint density at radius 2 is 2.12 bits per heavy atom. The molecule has 0 aliphatic carbocycles. The summed E-state index contributed by atoms with van der Waals surface area (Å²) in [6, 6.07) is 8.39. The Kier molecular flexibility index (Phi) is 9.16. The lowest BCUT2D eigenvalue weighted by Gasteiger charge is -2.36. The molecule has 0 bridgehead atoms. The van der Waals surface area contributed by atoms with Crippen LogP contribution in [0.15, 0.2) is 29.3 Å². The summed E-state index contributed by atoms with van der Waals surface area (Å²) < 4.78 is 6.01. The lowest BCUT2D eigenvalue weighted by Crippen LogP contribution is -2.48. The molecule has 2 N–H and O–H groups in total. The van der Waals surface area contributed by atoms with E-state index in [2.05, 4.69) is 48.3 Å². The Hall–Kier alpha value is -0.860. The van der Waals surface area contributed by atoms with Gasteiger partial charge in [0.1, 0.15) is 6.10 Å². The third kappa shape index (κ3) is 6.42. The van der Waals surface area contributed by atoms with E-state index in [1.807, 2.05) is 13.8 Å². The number of hydrogen-bond acceptors (Lipinski definition) is 3. The van der Waals surface area contributed by atoms with Crippen molar-refractivity contribution in [2.24, 2.45) is 10.4 Å². The summed E-state index contributed by atoms with van der Waals surface area (Å²) in [6.07, 6.45) is 0.0645. The summed E-state index contributed by atoms with van der Waals surface area (Å²) in [5.74, 6) is 0.904. The minimum absolute atomic E-state index is 0. The zero-order valence-corrected chi connectivity index (χ0v) is 18.1. The molecule has 1 aliphatic heterocycles. The number of aliphatic hydroxyl groups excluding tert-OH is 1. The van der Waals surface area contributed by atoms with Crippen LogP contribution in [-0.4, -0.2) is 55.4 Å². The molecule has 0 saturated carbocycles. The highest BCUT2D eigenvalue weighted by Crippen LogP contribution is 2.25. The number of benzene rings is 1. The van der Waals surface area contributed by atoms with Crippen LogP contribution in [0.3, 0.4) is 0 Å². The summed E-state index contributed by atoms with van der Waals surface area (Å²) in [7, 11) is 0. The van der Waals surface area contributed by atoms with Crippen molar-refractivity contribution in [3.05, 3.63) is 35.4 Å². The molecule has 6 heteroatoms. The lowest BCUT2D eigenvalue weighted by atomic mass is 9.95. The minimum Gasteiger partial charge on any atom is -0.396 e. The predicted octanol–water partition coefficient (Wildman–Crippen LogP) is 2.97. The molecule has 1 atom stereocenters. The molecular formula is C19H32IN3O2. The number of halogens is 1. The molecule has 1 fully saturated rings. The smallest absolute Gasteiger partial charge is 0.194 e. The number of aryl methyl sites for hydroxylation is 1. The second-order valence-corrected chi connectivity index (χ2v) is 7.15. The van der Waals surface area contributed by atoms with E-state index >= 15 is 0 Å². The predicted molar refractivity (Wildman–Crippen MR) is 114 cm³/mol. The fraction of sp³-hybridized carbons (Fsp3) is 0.632. The van der Waals surface area contributed by atoms with Crippen LogP contribution in [0.25, 0.3) is 0 Å². The van der Waals surface area contributed by atoms with Crippen molar-refractivity contribution in [2.45, 2.75) is 33.8 Å². The standard InChI is InChI=1S/C19H31N3O2.HI/c1-5-20-18(21-13-19(3,4)14-23)22-10-11-24-17(12-22)16-9-7-6-8-15(16)2;/h6-9,17,23H,5,10-14H2,1-4H3,(H,20,21);1H. The number of rotatable bonds is 5. The van der Waals surface area contributed by atoms with Gasteiger partial charge in [0.25, 0.3) is 0 Å². The van der Waals surface area contributed by atoms with Crippen molar-refractivity contribution < 1.29 is 9.84 Å². The molecule has 1 aromatic rings. The molecule has 0 aromatic heterocycles. The number of aliphatic imine (C=N–C) groups is 1. The maximum Gasteiger partial charge on any atom is 0.194 e. The molecule has 0 radical (unpaired) electrons. The molecule has 0 spiro atoms. The SMILES string of the molecule is CCNC(=NCC(C)(C)CO)N1CCOC(c2ccccc2C)C1.I. The van der Waals surface area contributed by atoms with Crippen molar-refractivity contribution in [3.8, 4) is 0 Å². The third-order valence-electron chi connectivity index (χ3n) is 4.32. The van der Waals surface area contributed by atoms with Gasteiger partial charge in [-0.2, -0.15) is 0 Å². The highest BCUT2D eigenvalue weighted by Gasteiger charge is 2.25. The first-order valence-corrected chi connectivity index (χ1v) is 8.78. The zero-order chi connectivity index (χ0) is 17.6. The van der Waals surface area contributed by atoms with Gasteiger partial charge in [0, 0.05) is 25.1 Å². The average Bonchev–Trinajstić information content (AvgIpc) is 2.59. The van der Waals surface area contributed by atoms with Gasteiger partial charge in [0.15, 0.2) is 5.96 Å². The van der Waals surface area contributed by atoms with Crippen LogP contribution in [0, 0.1) is 12.3 Å². The Morgan fingerprint density at radius 1 is 1.40 bits per heavy atom. The fourth-order valence-corrected chi connectivity index (χ4v) is 2.74. The molecule has 1 saturated heterocycles. The van der Waals surface area contributed by atoms with Gasteiger partial charge < -0.3 is 20.1 Å². The monoisotopic (exact) mass is 461 g/mol. The largest absolute Gasteiger partial charge is 0.396 e. The molecular weight excluding hydrogens is 429 g/mol. The van der Waals surface area contributed by atoms with Crippen LogP contribution < -0.4 is 5.32 Å². The quantitative estimate of drug-likeness (QED) is 0.402. The van der Waals surface area contributed by atoms with E-state index in [0.717, 1.165) is 25.6 Å². The summed E-state index contributed by atoms with van der Waals surface area (Å²) in [5, 5.41) is 12.8. The van der Waals surface area contributed by atoms with Crippen molar-refractivity contribution in [2.75, 3.05) is 39.4 Å². The minimum atomic E-state index is -0.206. The zero-order valence-electron chi connectivity index (χ0n) is 15.8. The van der Waals surface area contributed by atoms with Crippen LogP contribution in [0.2, 0.25) is 0 Å². The molecule has 2 rings (SSSR count). The van der Waals surface area contributed by atoms with E-state index < -0.39 is 0 Å². The number of nitrogens with zero attached hydrogens (tertiary/aromatic N) is 2. The van der Waals surface area contributed by atoms with Crippen LogP contribution in [-0.2, 0) is 4.74 Å². The molecule has 142 valence electrons. The highest BCUT2D eigenvalue weighted by atomic mass is 127. The number of nitrogens with one attached hydrogen (secondary N) is 1. The van der Waals surface area contributed by atoms with Crippen molar-refractivity contribution in [1.29, 1.82) is 0 Å². The van der Waals surface area contributed by atoms with Crippen LogP contribution in [0.1, 0.15) is 38.0 Å². The summed E-state index contributed by atoms with van der Waals surface area (Å²) in [5.41, 5.74) is 2.30. The topological polar surface area (TPSA) is 57.1 Å². The van der Waals surface area contributed by atoms with Gasteiger partial charge in [-0.15, -0.1) is 24.0 Å². The van der Waals surface area contributed by atoms with Crippen LogP contribution in [0.5, 0.6) is 0 Å². The number of hydrogen-bond donors (Lipinski definition) is 2. The maximum atomic E-state index is 9.45. The van der Waals surface area contributed by atoms with Crippen molar-refractivity contribution in [3.63, 3.8) is 0 Å². The van der Waals surface area contributed by atoms with E-state index in [-0.39, 0.29) is 42.1 Å². The average molecular weight is 461 g/mol. The van der Waals surface area contributed by atoms with E-state index in [1.54, 1.807) is 0 Å². The van der Waals surface area contributed by atoms with Gasteiger partial charge in [-0.25, -0.2) is 0 Å². The summed E-state index contributed by atoms with van der Waals surface area (Å²) in [4.78, 5) is 7.01. The summed E-state index contributed by atoms with van der Waals surface area (Å²) >= 11 is 0. The molecule has 5 nitrogen and oxygen atoms in total. The molecule has 1 aliphatic rings. The number of guanidine groups is 1. The van der Waals surface area contributed by atoms with Crippen LogP contribution >= 0.6 is 24.0 Å². The molecule has 1 aromatic carbocycles. The third-order valence-corrected chi connectivity index (χ3v) is 4.32. The normalized spacial score (nSPS) is 18.7. The Labute approximate surface area is 168 Å². The number of ether oxygens (including phenoxy) is 1. The molecule has 1 unspecified atom stereocenters.